The van der Waals surface area contributed by atoms with Crippen LogP contribution in [0.1, 0.15) is 22.7 Å². The zero-order valence-corrected chi connectivity index (χ0v) is 18.8. The molecule has 0 heterocycles. The molecule has 1 N–H and O–H groups in total. The Morgan fingerprint density at radius 1 is 0.909 bits per heavy atom. The molecule has 0 aromatic heterocycles. The van der Waals surface area contributed by atoms with E-state index in [-0.39, 0.29) is 6.61 Å². The van der Waals surface area contributed by atoms with Gasteiger partial charge in [0.05, 0.1) is 27.4 Å². The number of para-hydroxylation sites is 1. The summed E-state index contributed by atoms with van der Waals surface area (Å²) >= 11 is 0. The van der Waals surface area contributed by atoms with Gasteiger partial charge < -0.3 is 24.3 Å². The maximum Gasteiger partial charge on any atom is 0.259 e. The van der Waals surface area contributed by atoms with Crippen LogP contribution >= 0.6 is 0 Å². The molecule has 3 rings (SSSR count). The number of methoxy groups -OCH3 is 3. The Labute approximate surface area is 193 Å². The van der Waals surface area contributed by atoms with Crippen LogP contribution in [0.3, 0.4) is 0 Å². The summed E-state index contributed by atoms with van der Waals surface area (Å²) in [5, 5.41) is 12.3. The molecule has 3 aromatic rings. The lowest BCUT2D eigenvalue weighted by atomic mass is 10.0. The minimum atomic E-state index is -0.922. The molecule has 0 aliphatic rings. The van der Waals surface area contributed by atoms with Crippen LogP contribution in [-0.4, -0.2) is 33.8 Å². The van der Waals surface area contributed by atoms with Crippen molar-refractivity contribution in [2.45, 2.75) is 12.5 Å². The Kier molecular flexibility index (Phi) is 8.14. The predicted octanol–water partition coefficient (Wildman–Crippen LogP) is 4.06. The van der Waals surface area contributed by atoms with Crippen molar-refractivity contribution in [3.8, 4) is 29.1 Å². The number of nitrogens with zero attached hydrogens (tertiary/aromatic N) is 1. The van der Waals surface area contributed by atoms with E-state index in [9.17, 15) is 10.1 Å². The van der Waals surface area contributed by atoms with Crippen molar-refractivity contribution in [1.82, 2.24) is 5.32 Å². The summed E-state index contributed by atoms with van der Waals surface area (Å²) in [6.45, 7) is -0.228. The lowest BCUT2D eigenvalue weighted by molar-refractivity contribution is -0.123. The molecule has 170 valence electrons. The summed E-state index contributed by atoms with van der Waals surface area (Å²) in [6, 6.07) is 22.0. The smallest absolute Gasteiger partial charge is 0.259 e. The lowest BCUT2D eigenvalue weighted by Gasteiger charge is -2.18. The number of carbonyl (C=O) groups is 1. The maximum absolute atomic E-state index is 12.6. The Morgan fingerprint density at radius 3 is 2.15 bits per heavy atom. The van der Waals surface area contributed by atoms with Gasteiger partial charge in [-0.2, -0.15) is 5.26 Å². The number of rotatable bonds is 10. The van der Waals surface area contributed by atoms with Gasteiger partial charge in [-0.25, -0.2) is 0 Å². The summed E-state index contributed by atoms with van der Waals surface area (Å²) < 4.78 is 21.8. The van der Waals surface area contributed by atoms with Gasteiger partial charge in [0.15, 0.2) is 18.1 Å². The Bertz CT molecular complexity index is 1100. The van der Waals surface area contributed by atoms with Gasteiger partial charge in [0.1, 0.15) is 11.8 Å². The summed E-state index contributed by atoms with van der Waals surface area (Å²) in [6.07, 6.45) is 0.685. The molecule has 0 fully saturated rings. The van der Waals surface area contributed by atoms with Gasteiger partial charge >= 0.3 is 0 Å². The van der Waals surface area contributed by atoms with E-state index in [1.165, 1.54) is 21.3 Å². The fourth-order valence-electron chi connectivity index (χ4n) is 3.41. The Morgan fingerprint density at radius 2 is 1.55 bits per heavy atom. The number of ether oxygens (including phenoxy) is 4. The molecule has 0 saturated heterocycles. The van der Waals surface area contributed by atoms with Crippen molar-refractivity contribution in [3.05, 3.63) is 83.4 Å². The van der Waals surface area contributed by atoms with Crippen LogP contribution in [0.25, 0.3) is 0 Å². The van der Waals surface area contributed by atoms with Crippen LogP contribution in [0.5, 0.6) is 23.0 Å². The first-order valence-corrected chi connectivity index (χ1v) is 10.3. The van der Waals surface area contributed by atoms with E-state index < -0.39 is 11.9 Å². The predicted molar refractivity (Wildman–Crippen MR) is 124 cm³/mol. The number of hydrogen-bond acceptors (Lipinski definition) is 6. The standard InChI is InChI=1S/C26H26N2O5/c1-30-23-14-20(15-24(31-2)26(23)32-3)21(16-27)28-25(29)17-33-22-12-8-7-11-19(22)13-18-9-5-4-6-10-18/h4-12,14-15,21H,13,17H2,1-3H3,(H,28,29). The van der Waals surface area contributed by atoms with Crippen LogP contribution in [0.15, 0.2) is 66.7 Å². The molecular formula is C26H26N2O5. The summed E-state index contributed by atoms with van der Waals surface area (Å²) in [4.78, 5) is 12.6. The van der Waals surface area contributed by atoms with Crippen LogP contribution in [0, 0.1) is 11.3 Å². The van der Waals surface area contributed by atoms with Gasteiger partial charge in [0.2, 0.25) is 5.75 Å². The van der Waals surface area contributed by atoms with E-state index in [4.69, 9.17) is 18.9 Å². The average Bonchev–Trinajstić information content (AvgIpc) is 2.86. The SMILES string of the molecule is COc1cc(C(C#N)NC(=O)COc2ccccc2Cc2ccccc2)cc(OC)c1OC. The number of hydrogen-bond donors (Lipinski definition) is 1. The number of benzene rings is 3. The van der Waals surface area contributed by atoms with Crippen molar-refractivity contribution in [2.24, 2.45) is 0 Å². The Hall–Kier alpha value is -4.18. The Balaban J connectivity index is 1.69. The quantitative estimate of drug-likeness (QED) is 0.505. The van der Waals surface area contributed by atoms with E-state index in [1.807, 2.05) is 54.6 Å². The zero-order valence-electron chi connectivity index (χ0n) is 18.8. The van der Waals surface area contributed by atoms with Gasteiger partial charge in [-0.05, 0) is 34.9 Å². The van der Waals surface area contributed by atoms with E-state index >= 15 is 0 Å². The molecule has 0 radical (unpaired) electrons. The molecular weight excluding hydrogens is 420 g/mol. The topological polar surface area (TPSA) is 89.8 Å². The van der Waals surface area contributed by atoms with Crippen LogP contribution in [-0.2, 0) is 11.2 Å². The van der Waals surface area contributed by atoms with Gasteiger partial charge in [-0.3, -0.25) is 4.79 Å². The highest BCUT2D eigenvalue weighted by Gasteiger charge is 2.20. The molecule has 1 unspecified atom stereocenters. The van der Waals surface area contributed by atoms with E-state index in [2.05, 4.69) is 11.4 Å². The minimum Gasteiger partial charge on any atom is -0.493 e. The highest BCUT2D eigenvalue weighted by molar-refractivity contribution is 5.78. The van der Waals surface area contributed by atoms with Gasteiger partial charge in [0, 0.05) is 6.42 Å². The van der Waals surface area contributed by atoms with Crippen molar-refractivity contribution in [3.63, 3.8) is 0 Å². The zero-order chi connectivity index (χ0) is 23.6. The molecule has 0 aliphatic carbocycles. The van der Waals surface area contributed by atoms with Crippen molar-refractivity contribution in [1.29, 1.82) is 5.26 Å². The molecule has 7 heteroatoms. The normalized spacial score (nSPS) is 11.1. The molecule has 0 spiro atoms. The molecule has 7 nitrogen and oxygen atoms in total. The first-order chi connectivity index (χ1) is 16.1. The fourth-order valence-corrected chi connectivity index (χ4v) is 3.41. The number of nitriles is 1. The fraction of sp³-hybridized carbons (Fsp3) is 0.231. The second-order valence-electron chi connectivity index (χ2n) is 7.15. The van der Waals surface area contributed by atoms with Crippen LogP contribution < -0.4 is 24.3 Å². The monoisotopic (exact) mass is 446 g/mol. The summed E-state index contributed by atoms with van der Waals surface area (Å²) in [7, 11) is 4.47. The molecule has 1 atom stereocenters. The maximum atomic E-state index is 12.6. The average molecular weight is 447 g/mol. The van der Waals surface area contributed by atoms with Crippen LogP contribution in [0.2, 0.25) is 0 Å². The number of amides is 1. The second kappa shape index (κ2) is 11.4. The molecule has 1 amide bonds. The summed E-state index contributed by atoms with van der Waals surface area (Å²) in [5.74, 6) is 1.40. The highest BCUT2D eigenvalue weighted by atomic mass is 16.5. The third-order valence-corrected chi connectivity index (χ3v) is 5.02. The molecule has 3 aromatic carbocycles. The lowest BCUT2D eigenvalue weighted by Crippen LogP contribution is -2.32. The first-order valence-electron chi connectivity index (χ1n) is 10.3. The van der Waals surface area contributed by atoms with Gasteiger partial charge in [-0.15, -0.1) is 0 Å². The highest BCUT2D eigenvalue weighted by Crippen LogP contribution is 2.39. The molecule has 0 bridgehead atoms. The largest absolute Gasteiger partial charge is 0.493 e. The number of carbonyl (C=O) groups excluding carboxylic acids is 1. The molecule has 0 aliphatic heterocycles. The van der Waals surface area contributed by atoms with Gasteiger partial charge in [-0.1, -0.05) is 48.5 Å². The van der Waals surface area contributed by atoms with Crippen molar-refractivity contribution < 1.29 is 23.7 Å². The van der Waals surface area contributed by atoms with Crippen molar-refractivity contribution in [2.75, 3.05) is 27.9 Å². The second-order valence-corrected chi connectivity index (χ2v) is 7.15. The van der Waals surface area contributed by atoms with Gasteiger partial charge in [0.25, 0.3) is 5.91 Å². The van der Waals surface area contributed by atoms with E-state index in [0.717, 1.165) is 11.1 Å². The van der Waals surface area contributed by atoms with E-state index in [0.29, 0.717) is 35.0 Å². The molecule has 0 saturated carbocycles. The third kappa shape index (κ3) is 5.95. The van der Waals surface area contributed by atoms with Crippen LogP contribution in [0.4, 0.5) is 0 Å². The first kappa shape index (κ1) is 23.5. The number of nitrogens with one attached hydrogen (secondary N) is 1. The third-order valence-electron chi connectivity index (χ3n) is 5.02. The van der Waals surface area contributed by atoms with E-state index in [1.54, 1.807) is 12.1 Å². The molecule has 33 heavy (non-hydrogen) atoms. The van der Waals surface area contributed by atoms with Crippen molar-refractivity contribution >= 4 is 5.91 Å². The summed E-state index contributed by atoms with van der Waals surface area (Å²) in [5.41, 5.74) is 2.62. The minimum absolute atomic E-state index is 0.228.